The van der Waals surface area contributed by atoms with Gasteiger partial charge in [-0.3, -0.25) is 4.98 Å². The van der Waals surface area contributed by atoms with Gasteiger partial charge in [-0.15, -0.1) is 0 Å². The number of carboxylic acid groups (broad SMARTS) is 1. The number of nitrogens with zero attached hydrogens (tertiary/aromatic N) is 1. The molecule has 14 heavy (non-hydrogen) atoms. The Morgan fingerprint density at radius 2 is 2.50 bits per heavy atom. The van der Waals surface area contributed by atoms with Crippen molar-refractivity contribution in [2.75, 3.05) is 0 Å². The van der Waals surface area contributed by atoms with Gasteiger partial charge in [-0.25, -0.2) is 4.79 Å². The number of pyridine rings is 1. The van der Waals surface area contributed by atoms with Gasteiger partial charge in [0.1, 0.15) is 0 Å². The van der Waals surface area contributed by atoms with Gasteiger partial charge in [0.15, 0.2) is 0 Å². The molecule has 1 atom stereocenters. The zero-order valence-corrected chi connectivity index (χ0v) is 7.53. The van der Waals surface area contributed by atoms with Crippen LogP contribution in [-0.4, -0.2) is 16.1 Å². The van der Waals surface area contributed by atoms with Crippen LogP contribution in [0.4, 0.5) is 0 Å². The maximum atomic E-state index is 10.3. The molecule has 0 saturated carbocycles. The second-order valence-electron chi connectivity index (χ2n) is 3.21. The van der Waals surface area contributed by atoms with Crippen LogP contribution in [0.25, 0.3) is 0 Å². The van der Waals surface area contributed by atoms with Gasteiger partial charge >= 0.3 is 5.97 Å². The average Bonchev–Trinajstić information content (AvgIpc) is 2.58. The van der Waals surface area contributed by atoms with E-state index in [1.54, 1.807) is 6.20 Å². The number of hydrogen-bond donors (Lipinski definition) is 1. The molecule has 0 amide bonds. The van der Waals surface area contributed by atoms with Crippen LogP contribution in [0, 0.1) is 11.8 Å². The third-order valence-corrected chi connectivity index (χ3v) is 2.31. The van der Waals surface area contributed by atoms with Gasteiger partial charge in [0, 0.05) is 12.1 Å². The fourth-order valence-corrected chi connectivity index (χ4v) is 1.70. The summed E-state index contributed by atoms with van der Waals surface area (Å²) >= 11 is 0. The molecule has 3 heteroatoms. The van der Waals surface area contributed by atoms with E-state index in [4.69, 9.17) is 5.11 Å². The first-order valence-corrected chi connectivity index (χ1v) is 4.45. The smallest absolute Gasteiger partial charge is 0.381 e. The molecule has 1 aliphatic carbocycles. The molecule has 1 heterocycles. The molecule has 0 aliphatic heterocycles. The lowest BCUT2D eigenvalue weighted by Gasteiger charge is -2.00. The summed E-state index contributed by atoms with van der Waals surface area (Å²) in [5, 5.41) is 8.43. The maximum absolute atomic E-state index is 10.3. The molecule has 70 valence electrons. The van der Waals surface area contributed by atoms with Crippen LogP contribution in [-0.2, 0) is 11.2 Å². The van der Waals surface area contributed by atoms with Crippen LogP contribution < -0.4 is 0 Å². The maximum Gasteiger partial charge on any atom is 0.381 e. The molecular weight excluding hydrogens is 178 g/mol. The summed E-state index contributed by atoms with van der Waals surface area (Å²) in [6, 6.07) is 3.91. The van der Waals surface area contributed by atoms with E-state index in [9.17, 15) is 4.79 Å². The minimum Gasteiger partial charge on any atom is -0.472 e. The van der Waals surface area contributed by atoms with E-state index in [2.05, 4.69) is 16.8 Å². The van der Waals surface area contributed by atoms with Crippen molar-refractivity contribution in [1.29, 1.82) is 0 Å². The topological polar surface area (TPSA) is 50.2 Å². The van der Waals surface area contributed by atoms with Gasteiger partial charge in [0.05, 0.1) is 11.6 Å². The van der Waals surface area contributed by atoms with Crippen LogP contribution in [0.5, 0.6) is 0 Å². The first-order valence-electron chi connectivity index (χ1n) is 4.45. The first kappa shape index (κ1) is 8.76. The van der Waals surface area contributed by atoms with Crippen molar-refractivity contribution in [3.63, 3.8) is 0 Å². The number of aryl methyl sites for hydroxylation is 1. The van der Waals surface area contributed by atoms with E-state index in [1.807, 2.05) is 12.1 Å². The molecule has 0 radical (unpaired) electrons. The molecule has 3 nitrogen and oxygen atoms in total. The number of carbonyl (C=O) groups is 1. The van der Waals surface area contributed by atoms with Gasteiger partial charge in [-0.2, -0.15) is 0 Å². The van der Waals surface area contributed by atoms with Gasteiger partial charge in [-0.1, -0.05) is 12.0 Å². The molecule has 1 N–H and O–H groups in total. The van der Waals surface area contributed by atoms with Gasteiger partial charge in [0.2, 0.25) is 0 Å². The van der Waals surface area contributed by atoms with Crippen molar-refractivity contribution < 1.29 is 9.90 Å². The summed E-state index contributed by atoms with van der Waals surface area (Å²) in [6.45, 7) is 0. The summed E-state index contributed by atoms with van der Waals surface area (Å²) < 4.78 is 0. The Balaban J connectivity index is 2.28. The Hall–Kier alpha value is -1.82. The number of rotatable bonds is 0. The number of fused-ring (bicyclic) bond motifs is 1. The van der Waals surface area contributed by atoms with Gasteiger partial charge in [-0.05, 0) is 24.5 Å². The molecule has 2 rings (SSSR count). The quantitative estimate of drug-likeness (QED) is 0.621. The van der Waals surface area contributed by atoms with Crippen LogP contribution in [0.2, 0.25) is 0 Å². The molecule has 1 unspecified atom stereocenters. The van der Waals surface area contributed by atoms with E-state index in [-0.39, 0.29) is 5.92 Å². The predicted molar refractivity (Wildman–Crippen MR) is 50.7 cm³/mol. The highest BCUT2D eigenvalue weighted by molar-refractivity contribution is 5.86. The van der Waals surface area contributed by atoms with Gasteiger partial charge in [0.25, 0.3) is 0 Å². The lowest BCUT2D eigenvalue weighted by atomic mass is 10.1. The second-order valence-corrected chi connectivity index (χ2v) is 3.21. The highest BCUT2D eigenvalue weighted by atomic mass is 16.4. The van der Waals surface area contributed by atoms with Crippen molar-refractivity contribution in [3.05, 3.63) is 29.6 Å². The number of aliphatic carboxylic acids is 1. The summed E-state index contributed by atoms with van der Waals surface area (Å²) in [5.41, 5.74) is 2.14. The van der Waals surface area contributed by atoms with Gasteiger partial charge < -0.3 is 5.11 Å². The van der Waals surface area contributed by atoms with Crippen molar-refractivity contribution in [1.82, 2.24) is 4.98 Å². The van der Waals surface area contributed by atoms with E-state index in [1.165, 1.54) is 5.56 Å². The monoisotopic (exact) mass is 187 g/mol. The number of aromatic nitrogens is 1. The lowest BCUT2D eigenvalue weighted by molar-refractivity contribution is -0.130. The van der Waals surface area contributed by atoms with Crippen molar-refractivity contribution in [3.8, 4) is 11.8 Å². The molecule has 1 aliphatic rings. The van der Waals surface area contributed by atoms with Crippen LogP contribution in [0.15, 0.2) is 18.3 Å². The third kappa shape index (κ3) is 1.60. The third-order valence-electron chi connectivity index (χ3n) is 2.31. The standard InChI is InChI=1S/C11H9NO2/c13-10(14)6-5-9-4-3-8-2-1-7-12-11(8)9/h1-2,7,9H,3-4H2,(H,13,14). The fourth-order valence-electron chi connectivity index (χ4n) is 1.70. The molecule has 1 aromatic heterocycles. The summed E-state index contributed by atoms with van der Waals surface area (Å²) in [5.74, 6) is 3.81. The molecule has 0 fully saturated rings. The Bertz CT molecular complexity index is 428. The van der Waals surface area contributed by atoms with Crippen molar-refractivity contribution in [2.45, 2.75) is 18.8 Å². The van der Waals surface area contributed by atoms with Crippen molar-refractivity contribution >= 4 is 5.97 Å². The molecule has 1 aromatic rings. The fraction of sp³-hybridized carbons (Fsp3) is 0.273. The molecule has 0 bridgehead atoms. The summed E-state index contributed by atoms with van der Waals surface area (Å²) in [7, 11) is 0. The van der Waals surface area contributed by atoms with E-state index >= 15 is 0 Å². The number of carboxylic acids is 1. The van der Waals surface area contributed by atoms with E-state index < -0.39 is 5.97 Å². The first-order chi connectivity index (χ1) is 6.77. The lowest BCUT2D eigenvalue weighted by Crippen LogP contribution is -1.95. The summed E-state index contributed by atoms with van der Waals surface area (Å²) in [4.78, 5) is 14.5. The average molecular weight is 187 g/mol. The highest BCUT2D eigenvalue weighted by Crippen LogP contribution is 2.29. The zero-order valence-electron chi connectivity index (χ0n) is 7.53. The number of hydrogen-bond acceptors (Lipinski definition) is 2. The minimum absolute atomic E-state index is 0.00213. The Kier molecular flexibility index (Phi) is 2.19. The predicted octanol–water partition coefficient (Wildman–Crippen LogP) is 1.20. The largest absolute Gasteiger partial charge is 0.472 e. The molecular formula is C11H9NO2. The molecule has 0 spiro atoms. The SMILES string of the molecule is O=C(O)C#CC1CCc2cccnc21. The Labute approximate surface area is 81.8 Å². The minimum atomic E-state index is -1.07. The Morgan fingerprint density at radius 1 is 1.64 bits per heavy atom. The molecule has 0 aromatic carbocycles. The van der Waals surface area contributed by atoms with E-state index in [0.29, 0.717) is 0 Å². The molecule has 0 saturated heterocycles. The normalized spacial score (nSPS) is 18.1. The van der Waals surface area contributed by atoms with E-state index in [0.717, 1.165) is 18.5 Å². The van der Waals surface area contributed by atoms with Crippen LogP contribution >= 0.6 is 0 Å². The highest BCUT2D eigenvalue weighted by Gasteiger charge is 2.21. The summed E-state index contributed by atoms with van der Waals surface area (Å²) in [6.07, 6.45) is 3.55. The van der Waals surface area contributed by atoms with Crippen LogP contribution in [0.1, 0.15) is 23.6 Å². The second kappa shape index (κ2) is 3.51. The Morgan fingerprint density at radius 3 is 3.29 bits per heavy atom. The van der Waals surface area contributed by atoms with Crippen molar-refractivity contribution in [2.24, 2.45) is 0 Å². The zero-order chi connectivity index (χ0) is 9.97. The van der Waals surface area contributed by atoms with Crippen LogP contribution in [0.3, 0.4) is 0 Å².